The third-order valence-electron chi connectivity index (χ3n) is 13.6. The smallest absolute Gasteiger partial charge is 0.324 e. The number of aromatic nitrogens is 3. The third-order valence-corrected chi connectivity index (χ3v) is 14.5. The van der Waals surface area contributed by atoms with Crippen molar-refractivity contribution in [1.82, 2.24) is 45.0 Å². The van der Waals surface area contributed by atoms with Crippen molar-refractivity contribution in [3.8, 4) is 22.5 Å². The molecular formula is C48H65N9O7S. The quantitative estimate of drug-likeness (QED) is 0.221. The van der Waals surface area contributed by atoms with Gasteiger partial charge in [-0.05, 0) is 75.9 Å². The number of carbonyl (C=O) groups is 4. The molecule has 17 heteroatoms. The molecule has 4 aromatic rings. The summed E-state index contributed by atoms with van der Waals surface area (Å²) in [4.78, 5) is 72.5. The molecule has 4 aliphatic heterocycles. The maximum absolute atomic E-state index is 14.7. The van der Waals surface area contributed by atoms with Crippen LogP contribution in [0.3, 0.4) is 0 Å². The molecule has 0 spiro atoms. The number of methoxy groups -OCH3 is 1. The van der Waals surface area contributed by atoms with E-state index in [4.69, 9.17) is 24.2 Å². The number of pyridine rings is 1. The highest BCUT2D eigenvalue weighted by atomic mass is 32.1. The lowest BCUT2D eigenvalue weighted by atomic mass is 9.84. The largest absolute Gasteiger partial charge is 0.464 e. The summed E-state index contributed by atoms with van der Waals surface area (Å²) in [6.07, 6.45) is 3.19. The predicted molar refractivity (Wildman–Crippen MR) is 249 cm³/mol. The van der Waals surface area contributed by atoms with Crippen molar-refractivity contribution in [2.45, 2.75) is 110 Å². The van der Waals surface area contributed by atoms with Crippen LogP contribution in [0.25, 0.3) is 33.4 Å². The minimum Gasteiger partial charge on any atom is -0.464 e. The van der Waals surface area contributed by atoms with Crippen molar-refractivity contribution in [1.29, 1.82) is 0 Å². The zero-order valence-electron chi connectivity index (χ0n) is 39.3. The van der Waals surface area contributed by atoms with Crippen molar-refractivity contribution in [3.63, 3.8) is 0 Å². The molecule has 4 amide bonds. The van der Waals surface area contributed by atoms with E-state index >= 15 is 0 Å². The summed E-state index contributed by atoms with van der Waals surface area (Å²) < 4.78 is 20.3. The van der Waals surface area contributed by atoms with Gasteiger partial charge in [-0.15, -0.1) is 11.3 Å². The SMILES string of the molecule is CCn1c(-c2cccnc2[C@H](C)OC)c2c3cc(ccc31)-c1csc(n1)C[C@H](NC(=O)[C@H](C(C)C)N(C)C(=O)N1C[C@@H]3OCCN(C)[C@@H]3C1)C(=O)N1CCC[C@H](N1)C(=O)OCC(C)(C)C2. The van der Waals surface area contributed by atoms with E-state index in [0.29, 0.717) is 57.1 Å². The monoisotopic (exact) mass is 911 g/mol. The van der Waals surface area contributed by atoms with E-state index < -0.39 is 41.3 Å². The van der Waals surface area contributed by atoms with E-state index in [9.17, 15) is 19.2 Å². The number of benzene rings is 1. The molecule has 0 radical (unpaired) electrons. The number of urea groups is 1. The van der Waals surface area contributed by atoms with Crippen LogP contribution in [0.5, 0.6) is 0 Å². The van der Waals surface area contributed by atoms with Gasteiger partial charge in [0.15, 0.2) is 0 Å². The Morgan fingerprint density at radius 1 is 1.14 bits per heavy atom. The van der Waals surface area contributed by atoms with Crippen LogP contribution in [0.1, 0.15) is 76.8 Å². The molecule has 1 aromatic carbocycles. The summed E-state index contributed by atoms with van der Waals surface area (Å²) in [5.74, 6) is -1.56. The molecule has 4 aliphatic rings. The van der Waals surface area contributed by atoms with Gasteiger partial charge < -0.3 is 33.9 Å². The number of ether oxygens (including phenoxy) is 3. The number of fused-ring (bicyclic) bond motifs is 7. The summed E-state index contributed by atoms with van der Waals surface area (Å²) in [5.41, 5.74) is 9.38. The molecule has 8 rings (SSSR count). The highest BCUT2D eigenvalue weighted by molar-refractivity contribution is 7.10. The van der Waals surface area contributed by atoms with Crippen LogP contribution in [0.4, 0.5) is 4.79 Å². The number of amides is 4. The molecule has 6 atom stereocenters. The Morgan fingerprint density at radius 3 is 2.68 bits per heavy atom. The van der Waals surface area contributed by atoms with Crippen LogP contribution < -0.4 is 10.7 Å². The molecule has 3 aromatic heterocycles. The highest BCUT2D eigenvalue weighted by Gasteiger charge is 2.44. The second-order valence-electron chi connectivity index (χ2n) is 19.2. The van der Waals surface area contributed by atoms with Gasteiger partial charge in [0, 0.05) is 85.8 Å². The number of nitrogens with one attached hydrogen (secondary N) is 2. The molecule has 65 heavy (non-hydrogen) atoms. The van der Waals surface area contributed by atoms with E-state index in [1.54, 1.807) is 25.3 Å². The number of esters is 1. The first-order valence-corrected chi connectivity index (χ1v) is 23.9. The standard InChI is InChI=1S/C48H65N9O7S/c1-10-56-37-16-15-30-21-32(37)33(43(56)31-13-11-17-49-41(31)29(4)62-9)23-48(5,6)27-64-46(60)34-14-12-18-57(52-34)45(59)35(22-40-50-36(30)26-65-40)51-44(58)42(28(2)3)54(8)47(61)55-24-38-39(25-55)63-20-19-53(38)7/h11,13,15-17,21,26,28-29,34-35,38-39,42,52H,10,12,14,18-20,22-25,27H2,1-9H3,(H,51,58)/t29-,34-,35-,38+,39-,42-/m0/s1. The lowest BCUT2D eigenvalue weighted by molar-refractivity contribution is -0.155. The Balaban J connectivity index is 1.15. The van der Waals surface area contributed by atoms with E-state index in [1.807, 2.05) is 39.3 Å². The summed E-state index contributed by atoms with van der Waals surface area (Å²) in [6, 6.07) is 7.59. The average Bonchev–Trinajstić information content (AvgIpc) is 4.03. The molecule has 0 saturated carbocycles. The predicted octanol–water partition coefficient (Wildman–Crippen LogP) is 5.29. The normalized spacial score (nSPS) is 23.8. The zero-order chi connectivity index (χ0) is 46.3. The number of nitrogens with zero attached hydrogens (tertiary/aromatic N) is 7. The Kier molecular flexibility index (Phi) is 13.7. The van der Waals surface area contributed by atoms with Gasteiger partial charge in [-0.2, -0.15) is 0 Å². The third kappa shape index (κ3) is 9.40. The lowest BCUT2D eigenvalue weighted by Crippen LogP contribution is -2.62. The van der Waals surface area contributed by atoms with Gasteiger partial charge in [0.1, 0.15) is 18.1 Å². The fraction of sp³-hybridized carbons (Fsp3) is 0.583. The molecule has 0 unspecified atom stereocenters. The number of carbonyl (C=O) groups excluding carboxylic acids is 4. The number of likely N-dealkylation sites (N-methyl/N-ethyl adjacent to an activating group) is 2. The fourth-order valence-electron chi connectivity index (χ4n) is 10.1. The minimum atomic E-state index is -1.05. The number of aryl methyl sites for hydroxylation is 1. The molecule has 6 bridgehead atoms. The maximum Gasteiger partial charge on any atom is 0.324 e. The lowest BCUT2D eigenvalue weighted by Gasteiger charge is -2.37. The van der Waals surface area contributed by atoms with Crippen LogP contribution in [0, 0.1) is 11.3 Å². The van der Waals surface area contributed by atoms with Gasteiger partial charge in [0.25, 0.3) is 5.91 Å². The molecule has 2 N–H and O–H groups in total. The van der Waals surface area contributed by atoms with Crippen molar-refractivity contribution in [2.75, 3.05) is 60.6 Å². The summed E-state index contributed by atoms with van der Waals surface area (Å²) >= 11 is 1.43. The van der Waals surface area contributed by atoms with E-state index in [-0.39, 0.29) is 43.2 Å². The zero-order valence-corrected chi connectivity index (χ0v) is 40.1. The summed E-state index contributed by atoms with van der Waals surface area (Å²) in [5, 5.41) is 8.22. The van der Waals surface area contributed by atoms with Crippen molar-refractivity contribution >= 4 is 46.1 Å². The van der Waals surface area contributed by atoms with Crippen LogP contribution in [0.2, 0.25) is 0 Å². The van der Waals surface area contributed by atoms with E-state index in [1.165, 1.54) is 21.2 Å². The van der Waals surface area contributed by atoms with Crippen molar-refractivity contribution < 1.29 is 33.4 Å². The van der Waals surface area contributed by atoms with Gasteiger partial charge in [0.05, 0.1) is 60.1 Å². The number of hydrogen-bond donors (Lipinski definition) is 2. The molecule has 3 fully saturated rings. The molecule has 350 valence electrons. The van der Waals surface area contributed by atoms with Gasteiger partial charge in [-0.3, -0.25) is 29.3 Å². The topological polar surface area (TPSA) is 164 Å². The molecule has 0 aliphatic carbocycles. The Labute approximate surface area is 385 Å². The van der Waals surface area contributed by atoms with Crippen LogP contribution in [0.15, 0.2) is 41.9 Å². The number of rotatable bonds is 8. The van der Waals surface area contributed by atoms with Gasteiger partial charge in [0.2, 0.25) is 5.91 Å². The number of morpholine rings is 1. The highest BCUT2D eigenvalue weighted by Crippen LogP contribution is 2.42. The van der Waals surface area contributed by atoms with Gasteiger partial charge >= 0.3 is 12.0 Å². The van der Waals surface area contributed by atoms with Crippen LogP contribution in [-0.4, -0.2) is 149 Å². The second kappa shape index (κ2) is 19.1. The Morgan fingerprint density at radius 2 is 1.94 bits per heavy atom. The number of hydrazine groups is 1. The van der Waals surface area contributed by atoms with Gasteiger partial charge in [-0.25, -0.2) is 15.2 Å². The number of thiazole rings is 1. The fourth-order valence-corrected chi connectivity index (χ4v) is 11.0. The van der Waals surface area contributed by atoms with Crippen LogP contribution in [-0.2, 0) is 48.0 Å². The number of hydrogen-bond acceptors (Lipinski definition) is 12. The summed E-state index contributed by atoms with van der Waals surface area (Å²) in [6.45, 7) is 15.7. The second-order valence-corrected chi connectivity index (χ2v) is 20.2. The van der Waals surface area contributed by atoms with Crippen LogP contribution >= 0.6 is 11.3 Å². The average molecular weight is 912 g/mol. The van der Waals surface area contributed by atoms with E-state index in [2.05, 4.69) is 65.2 Å². The molecule has 3 saturated heterocycles. The summed E-state index contributed by atoms with van der Waals surface area (Å²) in [7, 11) is 5.39. The molecular weight excluding hydrogens is 847 g/mol. The maximum atomic E-state index is 14.7. The first-order valence-electron chi connectivity index (χ1n) is 23.0. The van der Waals surface area contributed by atoms with Crippen molar-refractivity contribution in [3.05, 3.63) is 58.2 Å². The van der Waals surface area contributed by atoms with Crippen molar-refractivity contribution in [2.24, 2.45) is 11.3 Å². The first kappa shape index (κ1) is 46.6. The Bertz CT molecular complexity index is 2420. The number of cyclic esters (lactones) is 1. The minimum absolute atomic E-state index is 0.0843. The molecule has 7 heterocycles. The van der Waals surface area contributed by atoms with Gasteiger partial charge in [-0.1, -0.05) is 33.8 Å². The first-order chi connectivity index (χ1) is 31.1. The Hall–Kier alpha value is -4.94. The number of likely N-dealkylation sites (tertiary alicyclic amines) is 1. The van der Waals surface area contributed by atoms with E-state index in [0.717, 1.165) is 51.2 Å². The molecule has 16 nitrogen and oxygen atoms in total.